The number of aromatic nitrogens is 3. The number of rotatable bonds is 6. The predicted molar refractivity (Wildman–Crippen MR) is 115 cm³/mol. The largest absolute Gasteiger partial charge is 0.424 e. The molecule has 1 saturated carbocycles. The zero-order valence-corrected chi connectivity index (χ0v) is 18.1. The van der Waals surface area contributed by atoms with Crippen molar-refractivity contribution >= 4 is 33.2 Å². The molecule has 0 saturated heterocycles. The third-order valence-electron chi connectivity index (χ3n) is 5.60. The highest BCUT2D eigenvalue weighted by atomic mass is 32.1. The number of fused-ring (bicyclic) bond motifs is 1. The van der Waals surface area contributed by atoms with Crippen LogP contribution in [0.3, 0.4) is 0 Å². The molecule has 0 bridgehead atoms. The molecule has 1 unspecified atom stereocenters. The summed E-state index contributed by atoms with van der Waals surface area (Å²) in [5.41, 5.74) is 2.61. The van der Waals surface area contributed by atoms with Crippen molar-refractivity contribution in [2.45, 2.75) is 44.1 Å². The molecular formula is C21H21N7O2S. The van der Waals surface area contributed by atoms with Crippen LogP contribution in [0.5, 0.6) is 0 Å². The summed E-state index contributed by atoms with van der Waals surface area (Å²) in [5.74, 6) is 0.687. The maximum absolute atomic E-state index is 12.1. The van der Waals surface area contributed by atoms with Crippen LogP contribution in [0.4, 0.5) is 0 Å². The highest BCUT2D eigenvalue weighted by molar-refractivity contribution is 7.18. The lowest BCUT2D eigenvalue weighted by atomic mass is 9.96. The molecule has 1 aliphatic carbocycles. The van der Waals surface area contributed by atoms with Gasteiger partial charge in [0.25, 0.3) is 0 Å². The molecule has 1 atom stereocenters. The highest BCUT2D eigenvalue weighted by Crippen LogP contribution is 2.34. The molecule has 2 aromatic heterocycles. The summed E-state index contributed by atoms with van der Waals surface area (Å²) in [7, 11) is 1.99. The zero-order valence-electron chi connectivity index (χ0n) is 17.3. The molecule has 1 aliphatic heterocycles. The molecule has 0 radical (unpaired) electrons. The van der Waals surface area contributed by atoms with Gasteiger partial charge in [-0.25, -0.2) is 4.98 Å². The van der Waals surface area contributed by atoms with Gasteiger partial charge in [-0.2, -0.15) is 10.4 Å². The molecule has 5 rings (SSSR count). The quantitative estimate of drug-likeness (QED) is 0.631. The van der Waals surface area contributed by atoms with Crippen LogP contribution in [0.1, 0.15) is 48.0 Å². The maximum atomic E-state index is 12.1. The predicted octanol–water partition coefficient (Wildman–Crippen LogP) is 2.39. The molecule has 1 amide bonds. The van der Waals surface area contributed by atoms with Crippen LogP contribution in [0, 0.1) is 11.3 Å². The minimum atomic E-state index is -0.696. The molecule has 1 fully saturated rings. The lowest BCUT2D eigenvalue weighted by molar-refractivity contribution is -0.121. The first-order valence-corrected chi connectivity index (χ1v) is 10.9. The van der Waals surface area contributed by atoms with E-state index in [0.717, 1.165) is 27.5 Å². The molecule has 3 aromatic rings. The van der Waals surface area contributed by atoms with Crippen LogP contribution in [-0.2, 0) is 17.6 Å². The van der Waals surface area contributed by atoms with E-state index in [4.69, 9.17) is 9.68 Å². The number of nitrogens with one attached hydrogen (secondary N) is 1. The number of likely N-dealkylation sites (N-methyl/N-ethyl adjacent to an activating group) is 1. The fourth-order valence-corrected chi connectivity index (χ4v) is 4.81. The number of hydrazone groups is 1. The summed E-state index contributed by atoms with van der Waals surface area (Å²) in [5, 5.41) is 27.2. The molecule has 0 spiro atoms. The van der Waals surface area contributed by atoms with Crippen LogP contribution in [0.2, 0.25) is 0 Å². The highest BCUT2D eigenvalue weighted by Gasteiger charge is 2.44. The maximum Gasteiger partial charge on any atom is 0.230 e. The number of hydrogen-bond acceptors (Lipinski definition) is 9. The average Bonchev–Trinajstić information content (AvgIpc) is 3.02. The van der Waals surface area contributed by atoms with E-state index in [9.17, 15) is 4.79 Å². The van der Waals surface area contributed by atoms with Gasteiger partial charge >= 0.3 is 0 Å². The molecule has 3 heterocycles. The fraction of sp³-hybridized carbons (Fsp3) is 0.429. The molecule has 1 N–H and O–H groups in total. The Kier molecular flexibility index (Phi) is 4.70. The van der Waals surface area contributed by atoms with Crippen molar-refractivity contribution in [3.8, 4) is 6.07 Å². The number of amides is 1. The van der Waals surface area contributed by atoms with Gasteiger partial charge in [0.2, 0.25) is 17.7 Å². The molecule has 10 heteroatoms. The Balaban J connectivity index is 1.26. The van der Waals surface area contributed by atoms with E-state index in [1.54, 1.807) is 11.3 Å². The number of carbonyl (C=O) groups excluding carboxylic acids is 1. The monoisotopic (exact) mass is 435 g/mol. The van der Waals surface area contributed by atoms with Gasteiger partial charge in [-0.05, 0) is 37.5 Å². The number of benzene rings is 1. The Morgan fingerprint density at radius 1 is 1.39 bits per heavy atom. The minimum absolute atomic E-state index is 0.0314. The van der Waals surface area contributed by atoms with Gasteiger partial charge in [0.05, 0.1) is 22.7 Å². The normalized spacial score (nSPS) is 19.3. The van der Waals surface area contributed by atoms with E-state index >= 15 is 0 Å². The Labute approximate surface area is 182 Å². The summed E-state index contributed by atoms with van der Waals surface area (Å²) in [6, 6.07) is 8.48. The lowest BCUT2D eigenvalue weighted by Crippen LogP contribution is -2.36. The number of nitriles is 1. The number of carbonyl (C=O) groups is 1. The molecule has 1 aromatic carbocycles. The van der Waals surface area contributed by atoms with Gasteiger partial charge in [0, 0.05) is 25.2 Å². The van der Waals surface area contributed by atoms with Gasteiger partial charge in [0.15, 0.2) is 0 Å². The second kappa shape index (κ2) is 7.42. The minimum Gasteiger partial charge on any atom is -0.424 e. The van der Waals surface area contributed by atoms with E-state index in [2.05, 4.69) is 50.7 Å². The second-order valence-corrected chi connectivity index (χ2v) is 9.27. The Hall–Kier alpha value is -3.32. The number of hydrogen-bond donors (Lipinski definition) is 1. The molecule has 9 nitrogen and oxygen atoms in total. The van der Waals surface area contributed by atoms with Crippen molar-refractivity contribution in [2.24, 2.45) is 5.10 Å². The second-order valence-electron chi connectivity index (χ2n) is 8.15. The lowest BCUT2D eigenvalue weighted by Gasteiger charge is -2.11. The van der Waals surface area contributed by atoms with Crippen LogP contribution in [0.15, 0.2) is 27.7 Å². The Morgan fingerprint density at radius 3 is 2.90 bits per heavy atom. The van der Waals surface area contributed by atoms with Crippen LogP contribution in [-0.4, -0.2) is 50.9 Å². The van der Waals surface area contributed by atoms with Crippen LogP contribution < -0.4 is 5.32 Å². The first kappa shape index (κ1) is 19.6. The summed E-state index contributed by atoms with van der Waals surface area (Å²) >= 11 is 1.60. The summed E-state index contributed by atoms with van der Waals surface area (Å²) < 4.78 is 6.74. The van der Waals surface area contributed by atoms with Crippen molar-refractivity contribution in [1.29, 1.82) is 5.26 Å². The van der Waals surface area contributed by atoms with Gasteiger partial charge in [0.1, 0.15) is 17.0 Å². The average molecular weight is 436 g/mol. The summed E-state index contributed by atoms with van der Waals surface area (Å²) in [6.45, 7) is 2.95. The van der Waals surface area contributed by atoms with Gasteiger partial charge < -0.3 is 9.73 Å². The smallest absolute Gasteiger partial charge is 0.230 e. The molecule has 2 aliphatic rings. The van der Waals surface area contributed by atoms with E-state index < -0.39 is 5.54 Å². The van der Waals surface area contributed by atoms with Crippen molar-refractivity contribution in [3.63, 3.8) is 0 Å². The number of thiazole rings is 1. The van der Waals surface area contributed by atoms with Gasteiger partial charge in [-0.1, -0.05) is 6.07 Å². The standard InChI is InChI=1S/C21H21N7O2S/c1-12-14(10-28(2)27-12)13-3-4-15-16(7-13)31-20(23-15)9-19-26-25-18(30-19)8-17(29)24-21(11-22)5-6-21/h3-4,7,14H,5-6,8-10H2,1-2H3,(H,24,29). The fourth-order valence-electron chi connectivity index (χ4n) is 3.80. The first-order chi connectivity index (χ1) is 14.9. The zero-order chi connectivity index (χ0) is 21.6. The van der Waals surface area contributed by atoms with Crippen molar-refractivity contribution in [3.05, 3.63) is 40.6 Å². The summed E-state index contributed by atoms with van der Waals surface area (Å²) in [6.07, 6.45) is 1.76. The molecular weight excluding hydrogens is 414 g/mol. The molecule has 158 valence electrons. The third kappa shape index (κ3) is 4.01. The first-order valence-electron chi connectivity index (χ1n) is 10.1. The molecule has 31 heavy (non-hydrogen) atoms. The van der Waals surface area contributed by atoms with Gasteiger partial charge in [-0.3, -0.25) is 9.80 Å². The van der Waals surface area contributed by atoms with E-state index in [-0.39, 0.29) is 18.2 Å². The van der Waals surface area contributed by atoms with E-state index in [1.165, 1.54) is 5.56 Å². The van der Waals surface area contributed by atoms with Gasteiger partial charge in [-0.15, -0.1) is 21.5 Å². The Bertz CT molecular complexity index is 1230. The van der Waals surface area contributed by atoms with Crippen molar-refractivity contribution in [2.75, 3.05) is 13.6 Å². The number of nitrogens with zero attached hydrogens (tertiary/aromatic N) is 6. The van der Waals surface area contributed by atoms with E-state index in [0.29, 0.717) is 31.1 Å². The summed E-state index contributed by atoms with van der Waals surface area (Å²) in [4.78, 5) is 16.8. The third-order valence-corrected chi connectivity index (χ3v) is 6.62. The topological polar surface area (TPSA) is 120 Å². The van der Waals surface area contributed by atoms with Crippen molar-refractivity contribution < 1.29 is 9.21 Å². The Morgan fingerprint density at radius 2 is 2.19 bits per heavy atom. The van der Waals surface area contributed by atoms with Crippen LogP contribution in [0.25, 0.3) is 10.2 Å². The SMILES string of the molecule is CC1=NN(C)CC1c1ccc2nc(Cc3nnc(CC(=O)NC4(C#N)CC4)o3)sc2c1. The van der Waals surface area contributed by atoms with E-state index in [1.807, 2.05) is 18.1 Å². The van der Waals surface area contributed by atoms with Crippen LogP contribution >= 0.6 is 11.3 Å². The van der Waals surface area contributed by atoms with Crippen molar-refractivity contribution in [1.82, 2.24) is 25.5 Å².